The molecule has 0 aliphatic carbocycles. The van der Waals surface area contributed by atoms with Crippen molar-refractivity contribution in [1.82, 2.24) is 0 Å². The molecule has 80 valence electrons. The third-order valence-electron chi connectivity index (χ3n) is 2.05. The van der Waals surface area contributed by atoms with Gasteiger partial charge in [-0.15, -0.1) is 6.58 Å². The Bertz CT molecular complexity index is 239. The van der Waals surface area contributed by atoms with Crippen LogP contribution in [0.15, 0.2) is 24.3 Å². The van der Waals surface area contributed by atoms with Gasteiger partial charge in [-0.3, -0.25) is 0 Å². The van der Waals surface area contributed by atoms with Gasteiger partial charge in [0.2, 0.25) is 0 Å². The first-order valence-corrected chi connectivity index (χ1v) is 4.54. The maximum atomic E-state index is 11.0. The Morgan fingerprint density at radius 1 is 1.64 bits per heavy atom. The molecule has 3 heteroatoms. The Hall–Kier alpha value is -1.09. The van der Waals surface area contributed by atoms with E-state index in [1.807, 2.05) is 0 Å². The van der Waals surface area contributed by atoms with Crippen LogP contribution in [0.25, 0.3) is 0 Å². The molecule has 0 amide bonds. The fourth-order valence-electron chi connectivity index (χ4n) is 0.927. The van der Waals surface area contributed by atoms with Crippen molar-refractivity contribution in [1.29, 1.82) is 0 Å². The zero-order valence-corrected chi connectivity index (χ0v) is 9.04. The topological polar surface area (TPSA) is 46.5 Å². The van der Waals surface area contributed by atoms with Crippen LogP contribution in [0.4, 0.5) is 0 Å². The second-order valence-corrected chi connectivity index (χ2v) is 3.48. The number of carbonyl (C=O) groups excluding carboxylic acids is 1. The van der Waals surface area contributed by atoms with Crippen LogP contribution in [0.5, 0.6) is 0 Å². The minimum atomic E-state index is -0.868. The molecule has 0 bridgehead atoms. The summed E-state index contributed by atoms with van der Waals surface area (Å²) < 4.78 is 4.53. The number of esters is 1. The number of allylic oxidation sites excluding steroid dienone is 1. The highest BCUT2D eigenvalue weighted by Crippen LogP contribution is 2.14. The van der Waals surface area contributed by atoms with E-state index < -0.39 is 5.60 Å². The Labute approximate surface area is 85.1 Å². The molecule has 0 fully saturated rings. The average molecular weight is 198 g/mol. The van der Waals surface area contributed by atoms with Crippen molar-refractivity contribution in [2.45, 2.75) is 32.3 Å². The molecule has 0 radical (unpaired) electrons. The largest absolute Gasteiger partial charge is 0.466 e. The molecular weight excluding hydrogens is 180 g/mol. The minimum Gasteiger partial charge on any atom is -0.466 e. The molecule has 0 aliphatic heterocycles. The maximum absolute atomic E-state index is 11.0. The zero-order valence-electron chi connectivity index (χ0n) is 9.04. The lowest BCUT2D eigenvalue weighted by molar-refractivity contribution is -0.136. The first-order valence-electron chi connectivity index (χ1n) is 4.54. The van der Waals surface area contributed by atoms with Crippen molar-refractivity contribution >= 4 is 5.97 Å². The second-order valence-electron chi connectivity index (χ2n) is 3.48. The van der Waals surface area contributed by atoms with Crippen molar-refractivity contribution in [2.75, 3.05) is 7.11 Å². The van der Waals surface area contributed by atoms with Gasteiger partial charge in [0.05, 0.1) is 12.7 Å². The quantitative estimate of drug-likeness (QED) is 0.416. The summed E-state index contributed by atoms with van der Waals surface area (Å²) in [6.07, 6.45) is 4.42. The molecule has 0 spiro atoms. The summed E-state index contributed by atoms with van der Waals surface area (Å²) in [5.41, 5.74) is -0.306. The molecule has 0 heterocycles. The highest BCUT2D eigenvalue weighted by Gasteiger charge is 2.13. The molecule has 1 unspecified atom stereocenters. The monoisotopic (exact) mass is 198 g/mol. The Morgan fingerprint density at radius 2 is 2.21 bits per heavy atom. The lowest BCUT2D eigenvalue weighted by atomic mass is 10.00. The fraction of sp³-hybridized carbons (Fsp3) is 0.545. The number of carbonyl (C=O) groups is 1. The van der Waals surface area contributed by atoms with Crippen LogP contribution in [0.1, 0.15) is 26.7 Å². The molecular formula is C11H18O3. The molecule has 14 heavy (non-hydrogen) atoms. The summed E-state index contributed by atoms with van der Waals surface area (Å²) >= 11 is 0. The van der Waals surface area contributed by atoms with Crippen molar-refractivity contribution in [3.05, 3.63) is 24.3 Å². The van der Waals surface area contributed by atoms with Gasteiger partial charge in [0.15, 0.2) is 0 Å². The van der Waals surface area contributed by atoms with E-state index >= 15 is 0 Å². The number of rotatable bonds is 5. The predicted octanol–water partition coefficient (Wildman–Crippen LogP) is 1.82. The van der Waals surface area contributed by atoms with Gasteiger partial charge in [-0.25, -0.2) is 4.79 Å². The van der Waals surface area contributed by atoms with E-state index in [0.717, 1.165) is 0 Å². The normalized spacial score (nSPS) is 15.9. The molecule has 0 rings (SSSR count). The SMILES string of the molecule is C=CC(C)(O)CCC=C(C)C(=O)OC. The second kappa shape index (κ2) is 5.60. The molecule has 1 N–H and O–H groups in total. The first kappa shape index (κ1) is 12.9. The Kier molecular flexibility index (Phi) is 5.16. The first-order chi connectivity index (χ1) is 6.43. The van der Waals surface area contributed by atoms with Gasteiger partial charge in [0.25, 0.3) is 0 Å². The predicted molar refractivity (Wildman–Crippen MR) is 55.8 cm³/mol. The van der Waals surface area contributed by atoms with Gasteiger partial charge in [-0.2, -0.15) is 0 Å². The number of hydrogen-bond donors (Lipinski definition) is 1. The van der Waals surface area contributed by atoms with Gasteiger partial charge >= 0.3 is 5.97 Å². The number of methoxy groups -OCH3 is 1. The third kappa shape index (κ3) is 4.82. The van der Waals surface area contributed by atoms with Crippen LogP contribution in [0.2, 0.25) is 0 Å². The molecule has 0 aromatic heterocycles. The molecule has 0 aliphatic rings. The van der Waals surface area contributed by atoms with E-state index in [9.17, 15) is 9.90 Å². The van der Waals surface area contributed by atoms with Gasteiger partial charge in [0.1, 0.15) is 0 Å². The lowest BCUT2D eigenvalue weighted by Crippen LogP contribution is -2.19. The molecule has 3 nitrogen and oxygen atoms in total. The van der Waals surface area contributed by atoms with E-state index in [-0.39, 0.29) is 5.97 Å². The Balaban J connectivity index is 4.05. The molecule has 0 aromatic carbocycles. The van der Waals surface area contributed by atoms with Gasteiger partial charge in [-0.1, -0.05) is 12.2 Å². The van der Waals surface area contributed by atoms with Crippen LogP contribution >= 0.6 is 0 Å². The fourth-order valence-corrected chi connectivity index (χ4v) is 0.927. The van der Waals surface area contributed by atoms with E-state index in [0.29, 0.717) is 18.4 Å². The summed E-state index contributed by atoms with van der Waals surface area (Å²) in [5.74, 6) is -0.330. The summed E-state index contributed by atoms with van der Waals surface area (Å²) in [5, 5.41) is 9.57. The van der Waals surface area contributed by atoms with Crippen molar-refractivity contribution in [2.24, 2.45) is 0 Å². The van der Waals surface area contributed by atoms with Gasteiger partial charge < -0.3 is 9.84 Å². The van der Waals surface area contributed by atoms with Gasteiger partial charge in [0, 0.05) is 5.57 Å². The highest BCUT2D eigenvalue weighted by atomic mass is 16.5. The highest BCUT2D eigenvalue weighted by molar-refractivity contribution is 5.87. The van der Waals surface area contributed by atoms with Crippen LogP contribution in [0, 0.1) is 0 Å². The van der Waals surface area contributed by atoms with E-state index in [1.165, 1.54) is 13.2 Å². The van der Waals surface area contributed by atoms with Crippen molar-refractivity contribution < 1.29 is 14.6 Å². The summed E-state index contributed by atoms with van der Waals surface area (Å²) in [6.45, 7) is 6.89. The molecule has 0 saturated heterocycles. The number of hydrogen-bond acceptors (Lipinski definition) is 3. The molecule has 0 aromatic rings. The van der Waals surface area contributed by atoms with E-state index in [2.05, 4.69) is 11.3 Å². The van der Waals surface area contributed by atoms with Crippen molar-refractivity contribution in [3.8, 4) is 0 Å². The smallest absolute Gasteiger partial charge is 0.333 e. The van der Waals surface area contributed by atoms with Crippen LogP contribution < -0.4 is 0 Å². The van der Waals surface area contributed by atoms with Crippen LogP contribution in [-0.4, -0.2) is 23.8 Å². The minimum absolute atomic E-state index is 0.330. The summed E-state index contributed by atoms with van der Waals surface area (Å²) in [4.78, 5) is 11.0. The standard InChI is InChI=1S/C11H18O3/c1-5-11(3,13)8-6-7-9(2)10(12)14-4/h5,7,13H,1,6,8H2,2-4H3. The van der Waals surface area contributed by atoms with Crippen LogP contribution in [-0.2, 0) is 9.53 Å². The molecule has 1 atom stereocenters. The lowest BCUT2D eigenvalue weighted by Gasteiger charge is -2.16. The van der Waals surface area contributed by atoms with Crippen LogP contribution in [0.3, 0.4) is 0 Å². The van der Waals surface area contributed by atoms with E-state index in [4.69, 9.17) is 0 Å². The number of ether oxygens (including phenoxy) is 1. The third-order valence-corrected chi connectivity index (χ3v) is 2.05. The molecule has 0 saturated carbocycles. The van der Waals surface area contributed by atoms with Crippen molar-refractivity contribution in [3.63, 3.8) is 0 Å². The summed E-state index contributed by atoms with van der Waals surface area (Å²) in [7, 11) is 1.35. The number of aliphatic hydroxyl groups is 1. The van der Waals surface area contributed by atoms with E-state index in [1.54, 1.807) is 19.9 Å². The van der Waals surface area contributed by atoms with Gasteiger partial charge in [-0.05, 0) is 26.7 Å². The maximum Gasteiger partial charge on any atom is 0.333 e. The Morgan fingerprint density at radius 3 is 2.64 bits per heavy atom. The zero-order chi connectivity index (χ0) is 11.2. The average Bonchev–Trinajstić information content (AvgIpc) is 2.16. The summed E-state index contributed by atoms with van der Waals surface area (Å²) in [6, 6.07) is 0.